The molecule has 0 radical (unpaired) electrons. The first-order valence-corrected chi connectivity index (χ1v) is 13.3. The van der Waals surface area contributed by atoms with E-state index < -0.39 is 5.69 Å². The Labute approximate surface area is 213 Å². The molecule has 3 aliphatic rings. The topological polar surface area (TPSA) is 109 Å². The van der Waals surface area contributed by atoms with E-state index in [4.69, 9.17) is 5.73 Å². The summed E-state index contributed by atoms with van der Waals surface area (Å²) in [7, 11) is 0. The van der Waals surface area contributed by atoms with E-state index in [0.717, 1.165) is 49.5 Å². The molecule has 1 aromatic carbocycles. The Morgan fingerprint density at radius 1 is 1.14 bits per heavy atom. The number of carbonyl (C=O) groups is 1. The Kier molecular flexibility index (Phi) is 7.41. The molecule has 3 fully saturated rings. The van der Waals surface area contributed by atoms with Crippen LogP contribution in [0.1, 0.15) is 25.8 Å². The summed E-state index contributed by atoms with van der Waals surface area (Å²) < 4.78 is 1.51. The molecule has 2 amide bonds. The Morgan fingerprint density at radius 3 is 2.44 bits per heavy atom. The van der Waals surface area contributed by atoms with Crippen LogP contribution in [0.3, 0.4) is 0 Å². The van der Waals surface area contributed by atoms with Crippen LogP contribution in [0.2, 0.25) is 0 Å². The predicted molar refractivity (Wildman–Crippen MR) is 141 cm³/mol. The van der Waals surface area contributed by atoms with Crippen molar-refractivity contribution >= 4 is 11.8 Å². The van der Waals surface area contributed by atoms with E-state index in [2.05, 4.69) is 46.5 Å². The Bertz CT molecular complexity index is 1100. The number of aromatic nitrogens is 2. The summed E-state index contributed by atoms with van der Waals surface area (Å²) in [6, 6.07) is 10.2. The van der Waals surface area contributed by atoms with Crippen molar-refractivity contribution < 1.29 is 4.79 Å². The van der Waals surface area contributed by atoms with Crippen LogP contribution in [-0.2, 0) is 6.42 Å². The molecular formula is C27H39N7O2. The fraction of sp³-hybridized carbons (Fsp3) is 0.593. The lowest BCUT2D eigenvalue weighted by atomic mass is 9.95. The first kappa shape index (κ1) is 24.9. The normalized spacial score (nSPS) is 24.6. The molecule has 1 aromatic heterocycles. The van der Waals surface area contributed by atoms with Crippen LogP contribution >= 0.6 is 0 Å². The van der Waals surface area contributed by atoms with Crippen LogP contribution in [0.15, 0.2) is 41.3 Å². The molecule has 36 heavy (non-hydrogen) atoms. The summed E-state index contributed by atoms with van der Waals surface area (Å²) in [6.45, 7) is 10.6. The van der Waals surface area contributed by atoms with Crippen LogP contribution < -0.4 is 22.1 Å². The number of fused-ring (bicyclic) bond motifs is 1. The lowest BCUT2D eigenvalue weighted by Crippen LogP contribution is -2.48. The molecule has 3 heterocycles. The van der Waals surface area contributed by atoms with E-state index in [1.807, 2.05) is 12.1 Å². The number of rotatable bonds is 8. The molecule has 2 saturated heterocycles. The van der Waals surface area contributed by atoms with Crippen LogP contribution in [0.4, 0.5) is 10.6 Å². The van der Waals surface area contributed by atoms with Gasteiger partial charge < -0.3 is 16.0 Å². The first-order valence-electron chi connectivity index (χ1n) is 13.3. The number of likely N-dealkylation sites (tertiary alicyclic amines) is 1. The van der Waals surface area contributed by atoms with Crippen LogP contribution in [0.25, 0.3) is 5.69 Å². The van der Waals surface area contributed by atoms with E-state index in [0.29, 0.717) is 25.0 Å². The molecule has 194 valence electrons. The SMILES string of the molecule is CC(C)CC(Cc1ccc(-n2ccc(NC(=O)N3CCNCC3)nc2=O)cc1)N1C[C@@H]2C(CN)[C@@H]2C1. The van der Waals surface area contributed by atoms with Crippen molar-refractivity contribution in [3.8, 4) is 5.69 Å². The molecule has 4 N–H and O–H groups in total. The number of carbonyl (C=O) groups excluding carboxylic acids is 1. The molecule has 2 unspecified atom stereocenters. The molecule has 0 bridgehead atoms. The molecule has 4 atom stereocenters. The van der Waals surface area contributed by atoms with Gasteiger partial charge in [0.2, 0.25) is 0 Å². The molecule has 1 aliphatic carbocycles. The van der Waals surface area contributed by atoms with Gasteiger partial charge in [-0.2, -0.15) is 4.98 Å². The second kappa shape index (κ2) is 10.7. The van der Waals surface area contributed by atoms with Gasteiger partial charge in [-0.25, -0.2) is 9.59 Å². The summed E-state index contributed by atoms with van der Waals surface area (Å²) in [5.74, 6) is 3.26. The van der Waals surface area contributed by atoms with Gasteiger partial charge in [-0.05, 0) is 66.8 Å². The van der Waals surface area contributed by atoms with Crippen molar-refractivity contribution in [1.82, 2.24) is 24.7 Å². The summed E-state index contributed by atoms with van der Waals surface area (Å²) in [5, 5.41) is 5.95. The molecule has 0 spiro atoms. The predicted octanol–water partition coefficient (Wildman–Crippen LogP) is 1.76. The van der Waals surface area contributed by atoms with Gasteiger partial charge in [0.15, 0.2) is 0 Å². The number of nitrogens with zero attached hydrogens (tertiary/aromatic N) is 4. The standard InChI is InChI=1S/C27H39N7O2/c1-18(2)13-21(33-16-23-22(15-28)24(23)17-33)14-19-3-5-20(6-4-19)34-10-7-25(31-27(34)36)30-26(35)32-11-8-29-9-12-32/h3-7,10,18,21-24,29H,8-9,11-17,28H2,1-2H3,(H,30,31,35,36)/t21?,22?,23-,24+. The number of piperazine rings is 1. The Balaban J connectivity index is 1.22. The maximum atomic E-state index is 12.7. The third kappa shape index (κ3) is 5.48. The minimum absolute atomic E-state index is 0.227. The van der Waals surface area contributed by atoms with E-state index in [1.165, 1.54) is 29.6 Å². The third-order valence-electron chi connectivity index (χ3n) is 8.06. The number of piperidine rings is 1. The highest BCUT2D eigenvalue weighted by molar-refractivity contribution is 5.88. The number of nitrogens with one attached hydrogen (secondary N) is 2. The van der Waals surface area contributed by atoms with Gasteiger partial charge in [0.25, 0.3) is 0 Å². The Morgan fingerprint density at radius 2 is 1.83 bits per heavy atom. The molecule has 9 heteroatoms. The average Bonchev–Trinajstić information content (AvgIpc) is 3.34. The minimum atomic E-state index is -0.413. The van der Waals surface area contributed by atoms with Crippen molar-refractivity contribution in [3.63, 3.8) is 0 Å². The molecule has 9 nitrogen and oxygen atoms in total. The van der Waals surface area contributed by atoms with Gasteiger partial charge in [0.1, 0.15) is 5.82 Å². The maximum Gasteiger partial charge on any atom is 0.354 e. The summed E-state index contributed by atoms with van der Waals surface area (Å²) in [5.41, 5.74) is 7.55. The number of nitrogens with two attached hydrogens (primary N) is 1. The zero-order valence-electron chi connectivity index (χ0n) is 21.4. The zero-order chi connectivity index (χ0) is 25.2. The fourth-order valence-electron chi connectivity index (χ4n) is 6.03. The monoisotopic (exact) mass is 493 g/mol. The number of benzene rings is 1. The van der Waals surface area contributed by atoms with Gasteiger partial charge >= 0.3 is 11.7 Å². The van der Waals surface area contributed by atoms with Crippen molar-refractivity contribution in [1.29, 1.82) is 0 Å². The van der Waals surface area contributed by atoms with Crippen LogP contribution in [0, 0.1) is 23.7 Å². The van der Waals surface area contributed by atoms with Gasteiger partial charge in [-0.1, -0.05) is 26.0 Å². The van der Waals surface area contributed by atoms with Gasteiger partial charge in [-0.3, -0.25) is 14.8 Å². The molecule has 2 aliphatic heterocycles. The second-order valence-electron chi connectivity index (χ2n) is 11.0. The van der Waals surface area contributed by atoms with E-state index in [1.54, 1.807) is 17.2 Å². The highest BCUT2D eigenvalue weighted by Crippen LogP contribution is 2.51. The van der Waals surface area contributed by atoms with Crippen molar-refractivity contribution in [2.45, 2.75) is 32.7 Å². The van der Waals surface area contributed by atoms with E-state index >= 15 is 0 Å². The molecule has 5 rings (SSSR count). The number of anilines is 1. The van der Waals surface area contributed by atoms with Crippen LogP contribution in [0.5, 0.6) is 0 Å². The highest BCUT2D eigenvalue weighted by Gasteiger charge is 2.55. The van der Waals surface area contributed by atoms with Crippen molar-refractivity contribution in [3.05, 3.63) is 52.6 Å². The van der Waals surface area contributed by atoms with E-state index in [-0.39, 0.29) is 11.8 Å². The smallest absolute Gasteiger partial charge is 0.330 e. The van der Waals surface area contributed by atoms with E-state index in [9.17, 15) is 9.59 Å². The van der Waals surface area contributed by atoms with Crippen molar-refractivity contribution in [2.75, 3.05) is 51.1 Å². The van der Waals surface area contributed by atoms with Crippen molar-refractivity contribution in [2.24, 2.45) is 29.4 Å². The highest BCUT2D eigenvalue weighted by atomic mass is 16.2. The maximum absolute atomic E-state index is 12.7. The summed E-state index contributed by atoms with van der Waals surface area (Å²) in [6.07, 6.45) is 3.86. The summed E-state index contributed by atoms with van der Waals surface area (Å²) >= 11 is 0. The number of hydrogen-bond donors (Lipinski definition) is 3. The van der Waals surface area contributed by atoms with Gasteiger partial charge in [0, 0.05) is 51.5 Å². The molecule has 2 aromatic rings. The van der Waals surface area contributed by atoms with Gasteiger partial charge in [0.05, 0.1) is 5.69 Å². The Hall–Kier alpha value is -2.75. The first-order chi connectivity index (χ1) is 17.4. The number of hydrogen-bond acceptors (Lipinski definition) is 6. The number of amides is 2. The quantitative estimate of drug-likeness (QED) is 0.517. The van der Waals surface area contributed by atoms with Crippen LogP contribution in [-0.4, -0.2) is 77.2 Å². The number of urea groups is 1. The average molecular weight is 494 g/mol. The second-order valence-corrected chi connectivity index (χ2v) is 11.0. The zero-order valence-corrected chi connectivity index (χ0v) is 21.4. The minimum Gasteiger partial charge on any atom is -0.330 e. The third-order valence-corrected chi connectivity index (χ3v) is 8.06. The largest absolute Gasteiger partial charge is 0.354 e. The summed E-state index contributed by atoms with van der Waals surface area (Å²) in [4.78, 5) is 33.6. The van der Waals surface area contributed by atoms with Gasteiger partial charge in [-0.15, -0.1) is 0 Å². The molecular weight excluding hydrogens is 454 g/mol. The fourth-order valence-corrected chi connectivity index (χ4v) is 6.03. The lowest BCUT2D eigenvalue weighted by molar-refractivity contribution is 0.182. The lowest BCUT2D eigenvalue weighted by Gasteiger charge is -2.31. The molecule has 1 saturated carbocycles.